The maximum absolute atomic E-state index is 12.9. The smallest absolute Gasteiger partial charge is 0.266 e. The second-order valence-electron chi connectivity index (χ2n) is 7.78. The van der Waals surface area contributed by atoms with Crippen molar-refractivity contribution in [1.29, 1.82) is 0 Å². The molecule has 2 aliphatic rings. The second kappa shape index (κ2) is 10.8. The molecular formula is C25H27N3O6S. The Kier molecular flexibility index (Phi) is 7.62. The number of amidine groups is 1. The van der Waals surface area contributed by atoms with Gasteiger partial charge in [-0.1, -0.05) is 6.07 Å². The lowest BCUT2D eigenvalue weighted by atomic mass is 10.1. The molecule has 0 spiro atoms. The van der Waals surface area contributed by atoms with Gasteiger partial charge in [-0.15, -0.1) is 0 Å². The van der Waals surface area contributed by atoms with E-state index in [4.69, 9.17) is 18.9 Å². The molecular weight excluding hydrogens is 470 g/mol. The lowest BCUT2D eigenvalue weighted by Crippen LogP contribution is -2.40. The Hall–Kier alpha value is -3.50. The number of thioether (sulfide) groups is 1. The van der Waals surface area contributed by atoms with Gasteiger partial charge in [-0.3, -0.25) is 14.5 Å². The predicted molar refractivity (Wildman–Crippen MR) is 135 cm³/mol. The van der Waals surface area contributed by atoms with Gasteiger partial charge in [0.05, 0.1) is 45.1 Å². The Bertz CT molecular complexity index is 1160. The summed E-state index contributed by atoms with van der Waals surface area (Å²) in [7, 11) is 6.29. The molecule has 0 unspecified atom stereocenters. The van der Waals surface area contributed by atoms with Gasteiger partial charge in [0.15, 0.2) is 16.7 Å². The van der Waals surface area contributed by atoms with E-state index < -0.39 is 0 Å². The molecule has 0 aliphatic carbocycles. The zero-order valence-corrected chi connectivity index (χ0v) is 20.9. The van der Waals surface area contributed by atoms with Crippen molar-refractivity contribution in [3.05, 3.63) is 52.4 Å². The highest BCUT2D eigenvalue weighted by atomic mass is 32.2. The van der Waals surface area contributed by atoms with Crippen molar-refractivity contribution >= 4 is 40.5 Å². The minimum absolute atomic E-state index is 0.0539. The summed E-state index contributed by atoms with van der Waals surface area (Å²) in [6.07, 6.45) is 1.76. The third-order valence-corrected chi connectivity index (χ3v) is 6.66. The van der Waals surface area contributed by atoms with Crippen molar-refractivity contribution in [3.8, 4) is 17.2 Å². The lowest BCUT2D eigenvalue weighted by molar-refractivity contribution is -0.121. The van der Waals surface area contributed by atoms with Crippen LogP contribution < -0.4 is 14.2 Å². The number of hydrogen-bond donors (Lipinski definition) is 0. The highest BCUT2D eigenvalue weighted by molar-refractivity contribution is 8.18. The van der Waals surface area contributed by atoms with Crippen LogP contribution in [0.2, 0.25) is 0 Å². The van der Waals surface area contributed by atoms with E-state index in [-0.39, 0.29) is 11.8 Å². The zero-order chi connectivity index (χ0) is 24.9. The molecule has 0 radical (unpaired) electrons. The van der Waals surface area contributed by atoms with Gasteiger partial charge in [-0.2, -0.15) is 0 Å². The summed E-state index contributed by atoms with van der Waals surface area (Å²) in [6, 6.07) is 10.7. The summed E-state index contributed by atoms with van der Waals surface area (Å²) in [4.78, 5) is 34.2. The van der Waals surface area contributed by atoms with Crippen molar-refractivity contribution in [2.75, 3.05) is 54.7 Å². The summed E-state index contributed by atoms with van der Waals surface area (Å²) in [5.41, 5.74) is 1.88. The van der Waals surface area contributed by atoms with Gasteiger partial charge in [0, 0.05) is 25.7 Å². The summed E-state index contributed by atoms with van der Waals surface area (Å²) < 4.78 is 21.5. The number of aliphatic imine (C=N–C) groups is 1. The Morgan fingerprint density at radius 1 is 1.06 bits per heavy atom. The number of rotatable bonds is 6. The first kappa shape index (κ1) is 24.6. The highest BCUT2D eigenvalue weighted by Gasteiger charge is 2.31. The molecule has 2 aromatic carbocycles. The minimum Gasteiger partial charge on any atom is -0.493 e. The number of methoxy groups -OCH3 is 3. The summed E-state index contributed by atoms with van der Waals surface area (Å²) in [5.74, 6) is 1.25. The van der Waals surface area contributed by atoms with Crippen LogP contribution >= 0.6 is 11.8 Å². The normalized spacial score (nSPS) is 18.3. The Labute approximate surface area is 208 Å². The summed E-state index contributed by atoms with van der Waals surface area (Å²) in [6.45, 7) is 2.22. The Morgan fingerprint density at radius 3 is 2.37 bits per heavy atom. The van der Waals surface area contributed by atoms with Crippen LogP contribution in [0.1, 0.15) is 15.9 Å². The van der Waals surface area contributed by atoms with Crippen LogP contribution in [0.15, 0.2) is 46.3 Å². The van der Waals surface area contributed by atoms with Crippen LogP contribution in [0, 0.1) is 0 Å². The maximum atomic E-state index is 12.9. The molecule has 2 fully saturated rings. The molecule has 0 saturated carbocycles. The second-order valence-corrected chi connectivity index (χ2v) is 8.79. The molecule has 9 nitrogen and oxygen atoms in total. The van der Waals surface area contributed by atoms with Crippen molar-refractivity contribution in [3.63, 3.8) is 0 Å². The first-order valence-electron chi connectivity index (χ1n) is 11.0. The van der Waals surface area contributed by atoms with E-state index in [1.807, 2.05) is 6.07 Å². The monoisotopic (exact) mass is 497 g/mol. The van der Waals surface area contributed by atoms with Crippen LogP contribution in [0.5, 0.6) is 17.2 Å². The van der Waals surface area contributed by atoms with Crippen molar-refractivity contribution < 1.29 is 28.5 Å². The topological polar surface area (TPSA) is 89.9 Å². The molecule has 4 rings (SSSR count). The SMILES string of the molecule is COc1cc(/C=C2/SC(=Nc3cccc(C(=O)N4CCOCC4)c3)N(C)C2=O)cc(OC)c1OC. The largest absolute Gasteiger partial charge is 0.493 e. The van der Waals surface area contributed by atoms with E-state index in [1.165, 1.54) is 23.8 Å². The molecule has 35 heavy (non-hydrogen) atoms. The van der Waals surface area contributed by atoms with Gasteiger partial charge < -0.3 is 23.8 Å². The minimum atomic E-state index is -0.178. The molecule has 2 heterocycles. The number of carbonyl (C=O) groups is 2. The molecule has 0 atom stereocenters. The standard InChI is InChI=1S/C25H27N3O6S/c1-27-24(30)21(14-16-12-19(31-2)22(33-4)20(13-16)32-3)35-25(27)26-18-7-5-6-17(15-18)23(29)28-8-10-34-11-9-28/h5-7,12-15H,8-11H2,1-4H3/b21-14+,26-25?. The van der Waals surface area contributed by atoms with Gasteiger partial charge >= 0.3 is 0 Å². The number of likely N-dealkylation sites (N-methyl/N-ethyl adjacent to an activating group) is 1. The molecule has 2 amide bonds. The van der Waals surface area contributed by atoms with E-state index in [9.17, 15) is 9.59 Å². The number of morpholine rings is 1. The fraction of sp³-hybridized carbons (Fsp3) is 0.320. The summed E-state index contributed by atoms with van der Waals surface area (Å²) >= 11 is 1.26. The molecule has 0 bridgehead atoms. The number of amides is 2. The number of ether oxygens (including phenoxy) is 4. The maximum Gasteiger partial charge on any atom is 0.266 e. The van der Waals surface area contributed by atoms with Gasteiger partial charge in [-0.25, -0.2) is 4.99 Å². The first-order valence-corrected chi connectivity index (χ1v) is 11.8. The van der Waals surface area contributed by atoms with E-state index >= 15 is 0 Å². The van der Waals surface area contributed by atoms with Gasteiger partial charge in [0.1, 0.15) is 0 Å². The molecule has 0 aromatic heterocycles. The molecule has 2 saturated heterocycles. The van der Waals surface area contributed by atoms with Crippen LogP contribution in [0.25, 0.3) is 6.08 Å². The number of carbonyl (C=O) groups excluding carboxylic acids is 2. The average Bonchev–Trinajstić information content (AvgIpc) is 3.15. The Morgan fingerprint density at radius 2 is 1.74 bits per heavy atom. The molecule has 184 valence electrons. The number of nitrogens with zero attached hydrogens (tertiary/aromatic N) is 3. The van der Waals surface area contributed by atoms with Crippen LogP contribution in [0.4, 0.5) is 5.69 Å². The molecule has 2 aromatic rings. The van der Waals surface area contributed by atoms with Crippen molar-refractivity contribution in [2.24, 2.45) is 4.99 Å². The van der Waals surface area contributed by atoms with E-state index in [1.54, 1.807) is 62.6 Å². The summed E-state index contributed by atoms with van der Waals surface area (Å²) in [5, 5.41) is 0.518. The number of benzene rings is 2. The first-order chi connectivity index (χ1) is 16.9. The van der Waals surface area contributed by atoms with Crippen molar-refractivity contribution in [2.45, 2.75) is 0 Å². The fourth-order valence-electron chi connectivity index (χ4n) is 3.76. The predicted octanol–water partition coefficient (Wildman–Crippen LogP) is 3.42. The Balaban J connectivity index is 1.59. The quantitative estimate of drug-likeness (QED) is 0.565. The van der Waals surface area contributed by atoms with Gasteiger partial charge in [0.2, 0.25) is 5.75 Å². The lowest BCUT2D eigenvalue weighted by Gasteiger charge is -2.26. The van der Waals surface area contributed by atoms with Crippen LogP contribution in [-0.2, 0) is 9.53 Å². The van der Waals surface area contributed by atoms with Crippen LogP contribution in [-0.4, -0.2) is 81.5 Å². The van der Waals surface area contributed by atoms with E-state index in [0.717, 1.165) is 5.56 Å². The van der Waals surface area contributed by atoms with Gasteiger partial charge in [0.25, 0.3) is 11.8 Å². The third-order valence-electron chi connectivity index (χ3n) is 5.60. The van der Waals surface area contributed by atoms with E-state index in [0.29, 0.717) is 64.9 Å². The number of hydrogen-bond acceptors (Lipinski definition) is 8. The highest BCUT2D eigenvalue weighted by Crippen LogP contribution is 2.40. The fourth-order valence-corrected chi connectivity index (χ4v) is 4.74. The van der Waals surface area contributed by atoms with E-state index in [2.05, 4.69) is 4.99 Å². The molecule has 0 N–H and O–H groups in total. The third kappa shape index (κ3) is 5.28. The molecule has 10 heteroatoms. The van der Waals surface area contributed by atoms with Crippen molar-refractivity contribution in [1.82, 2.24) is 9.80 Å². The molecule has 2 aliphatic heterocycles. The van der Waals surface area contributed by atoms with Gasteiger partial charge in [-0.05, 0) is 53.7 Å². The average molecular weight is 498 g/mol. The van der Waals surface area contributed by atoms with Crippen LogP contribution in [0.3, 0.4) is 0 Å². The zero-order valence-electron chi connectivity index (χ0n) is 20.1.